The summed E-state index contributed by atoms with van der Waals surface area (Å²) in [4.78, 5) is 35.9. The van der Waals surface area contributed by atoms with Crippen molar-refractivity contribution in [2.75, 3.05) is 19.8 Å². The smallest absolute Gasteiger partial charge is 0.335 e. The monoisotopic (exact) mass is 609 g/mol. The van der Waals surface area contributed by atoms with Crippen LogP contribution in [0.15, 0.2) is 42.5 Å². The fraction of sp³-hybridized carbons (Fsp3) is 0.571. The second-order valence-electron chi connectivity index (χ2n) is 12.0. The van der Waals surface area contributed by atoms with E-state index in [1.54, 1.807) is 6.07 Å². The van der Waals surface area contributed by atoms with Gasteiger partial charge in [-0.1, -0.05) is 43.9 Å². The number of carboxylic acids is 2. The molecule has 0 bridgehead atoms. The molecule has 2 saturated carbocycles. The third-order valence-corrected chi connectivity index (χ3v) is 8.57. The average Bonchev–Trinajstić information content (AvgIpc) is 3.02. The maximum atomic E-state index is 12.9. The van der Waals surface area contributed by atoms with Crippen LogP contribution in [0.4, 0.5) is 0 Å². The number of carbonyl (C=O) groups excluding carboxylic acids is 1. The zero-order valence-corrected chi connectivity index (χ0v) is 25.6. The Bertz CT molecular complexity index is 1220. The minimum atomic E-state index is -1.08. The summed E-state index contributed by atoms with van der Waals surface area (Å²) in [6.07, 6.45) is 12.5. The summed E-state index contributed by atoms with van der Waals surface area (Å²) in [5, 5.41) is 21.8. The number of ether oxygens (including phenoxy) is 3. The number of unbranched alkanes of at least 4 members (excludes halogenated alkanes) is 1. The maximum absolute atomic E-state index is 12.9. The fourth-order valence-corrected chi connectivity index (χ4v) is 6.15. The lowest BCUT2D eigenvalue weighted by Crippen LogP contribution is -2.40. The maximum Gasteiger partial charge on any atom is 0.335 e. The van der Waals surface area contributed by atoms with E-state index in [9.17, 15) is 24.6 Å². The van der Waals surface area contributed by atoms with Gasteiger partial charge in [-0.3, -0.25) is 9.59 Å². The van der Waals surface area contributed by atoms with E-state index in [0.29, 0.717) is 49.9 Å². The standard InChI is InChI=1S/C35H47NO8/c37-33(36-29-13-8-11-26(23-29)34(38)39)24-28-22-27(35(40)41)17-18-32(28)44-21-9-12-25-10-4-5-16-31(25)43-20-7-6-19-42-30-14-2-1-3-15-30/h4-5,10,16-18,22,26,29-30H,1-3,6-9,11-15,19-21,23-24H2,(H,36,37)(H,38,39)(H,40,41). The van der Waals surface area contributed by atoms with Crippen molar-refractivity contribution < 1.29 is 38.8 Å². The van der Waals surface area contributed by atoms with Crippen molar-refractivity contribution in [2.24, 2.45) is 5.92 Å². The van der Waals surface area contributed by atoms with Crippen molar-refractivity contribution in [3.05, 3.63) is 59.2 Å². The molecule has 0 spiro atoms. The number of carboxylic acid groups (broad SMARTS) is 2. The largest absolute Gasteiger partial charge is 0.493 e. The van der Waals surface area contributed by atoms with E-state index >= 15 is 0 Å². The summed E-state index contributed by atoms with van der Waals surface area (Å²) in [5.74, 6) is -1.31. The van der Waals surface area contributed by atoms with Gasteiger partial charge < -0.3 is 29.7 Å². The molecular weight excluding hydrogens is 562 g/mol. The molecule has 2 aromatic rings. The first-order valence-corrected chi connectivity index (χ1v) is 16.2. The Labute approximate surface area is 260 Å². The molecule has 2 fully saturated rings. The summed E-state index contributed by atoms with van der Waals surface area (Å²) >= 11 is 0. The van der Waals surface area contributed by atoms with E-state index in [1.807, 2.05) is 18.2 Å². The van der Waals surface area contributed by atoms with Gasteiger partial charge in [-0.25, -0.2) is 4.79 Å². The number of amides is 1. The zero-order valence-electron chi connectivity index (χ0n) is 25.6. The van der Waals surface area contributed by atoms with Crippen LogP contribution < -0.4 is 14.8 Å². The molecule has 2 aliphatic carbocycles. The molecule has 0 aliphatic heterocycles. The number of hydrogen-bond donors (Lipinski definition) is 3. The van der Waals surface area contributed by atoms with Crippen molar-refractivity contribution in [3.8, 4) is 11.5 Å². The number of aromatic carboxylic acids is 1. The molecule has 2 unspecified atom stereocenters. The zero-order chi connectivity index (χ0) is 31.1. The van der Waals surface area contributed by atoms with E-state index in [4.69, 9.17) is 14.2 Å². The molecule has 0 heterocycles. The molecule has 240 valence electrons. The van der Waals surface area contributed by atoms with Gasteiger partial charge in [-0.05, 0) is 87.6 Å². The average molecular weight is 610 g/mol. The molecule has 3 N–H and O–H groups in total. The van der Waals surface area contributed by atoms with Crippen LogP contribution in [-0.4, -0.2) is 60.0 Å². The van der Waals surface area contributed by atoms with Crippen molar-refractivity contribution in [1.29, 1.82) is 0 Å². The molecule has 1 amide bonds. The van der Waals surface area contributed by atoms with Crippen LogP contribution in [0.1, 0.15) is 98.5 Å². The van der Waals surface area contributed by atoms with E-state index in [-0.39, 0.29) is 23.9 Å². The lowest BCUT2D eigenvalue weighted by atomic mass is 9.85. The van der Waals surface area contributed by atoms with Gasteiger partial charge in [0, 0.05) is 18.2 Å². The Kier molecular flexibility index (Phi) is 13.4. The van der Waals surface area contributed by atoms with Gasteiger partial charge in [-0.15, -0.1) is 0 Å². The molecule has 44 heavy (non-hydrogen) atoms. The van der Waals surface area contributed by atoms with Gasteiger partial charge in [0.2, 0.25) is 5.91 Å². The van der Waals surface area contributed by atoms with Gasteiger partial charge in [0.05, 0.1) is 37.2 Å². The number of aliphatic carboxylic acids is 1. The lowest BCUT2D eigenvalue weighted by molar-refractivity contribution is -0.143. The van der Waals surface area contributed by atoms with Gasteiger partial charge >= 0.3 is 11.9 Å². The Morgan fingerprint density at radius 3 is 2.27 bits per heavy atom. The van der Waals surface area contributed by atoms with Crippen LogP contribution in [0.5, 0.6) is 11.5 Å². The van der Waals surface area contributed by atoms with Crippen LogP contribution in [0.2, 0.25) is 0 Å². The molecule has 0 aromatic heterocycles. The van der Waals surface area contributed by atoms with Crippen LogP contribution >= 0.6 is 0 Å². The number of hydrogen-bond acceptors (Lipinski definition) is 6. The van der Waals surface area contributed by atoms with Crippen LogP contribution in [0, 0.1) is 5.92 Å². The molecule has 0 saturated heterocycles. The van der Waals surface area contributed by atoms with Gasteiger partial charge in [-0.2, -0.15) is 0 Å². The minimum Gasteiger partial charge on any atom is -0.493 e. The van der Waals surface area contributed by atoms with Gasteiger partial charge in [0.15, 0.2) is 0 Å². The Morgan fingerprint density at radius 1 is 0.773 bits per heavy atom. The second kappa shape index (κ2) is 17.6. The number of rotatable bonds is 17. The number of nitrogens with one attached hydrogen (secondary N) is 1. The van der Waals surface area contributed by atoms with E-state index in [2.05, 4.69) is 11.4 Å². The van der Waals surface area contributed by atoms with Crippen LogP contribution in [0.25, 0.3) is 0 Å². The normalized spacial score (nSPS) is 18.8. The summed E-state index contributed by atoms with van der Waals surface area (Å²) in [5.41, 5.74) is 1.67. The third kappa shape index (κ3) is 10.8. The topological polar surface area (TPSA) is 131 Å². The first-order chi connectivity index (χ1) is 21.4. The predicted molar refractivity (Wildman–Crippen MR) is 166 cm³/mol. The van der Waals surface area contributed by atoms with Crippen LogP contribution in [0.3, 0.4) is 0 Å². The molecule has 2 atom stereocenters. The third-order valence-electron chi connectivity index (χ3n) is 8.57. The number of carbonyl (C=O) groups is 3. The van der Waals surface area contributed by atoms with Crippen molar-refractivity contribution in [2.45, 2.75) is 102 Å². The van der Waals surface area contributed by atoms with Crippen molar-refractivity contribution >= 4 is 17.8 Å². The Morgan fingerprint density at radius 2 is 1.50 bits per heavy atom. The van der Waals surface area contributed by atoms with Crippen molar-refractivity contribution in [3.63, 3.8) is 0 Å². The summed E-state index contributed by atoms with van der Waals surface area (Å²) in [7, 11) is 0. The Hall–Kier alpha value is -3.59. The fourth-order valence-electron chi connectivity index (χ4n) is 6.15. The number of para-hydroxylation sites is 1. The molecule has 9 nitrogen and oxygen atoms in total. The molecule has 9 heteroatoms. The van der Waals surface area contributed by atoms with E-state index < -0.39 is 17.9 Å². The summed E-state index contributed by atoms with van der Waals surface area (Å²) in [6.45, 7) is 1.81. The highest BCUT2D eigenvalue weighted by Gasteiger charge is 2.28. The number of aryl methyl sites for hydroxylation is 1. The molecule has 4 rings (SSSR count). The van der Waals surface area contributed by atoms with E-state index in [1.165, 1.54) is 44.2 Å². The highest BCUT2D eigenvalue weighted by molar-refractivity contribution is 5.89. The summed E-state index contributed by atoms with van der Waals surface area (Å²) in [6, 6.07) is 12.3. The first-order valence-electron chi connectivity index (χ1n) is 16.2. The SMILES string of the molecule is O=C(Cc1cc(C(=O)O)ccc1OCCCc1ccccc1OCCCCOC1CCCCC1)NC1CCCC(C(=O)O)C1. The Balaban J connectivity index is 1.23. The lowest BCUT2D eigenvalue weighted by Gasteiger charge is -2.27. The number of benzene rings is 2. The minimum absolute atomic E-state index is 0.0486. The summed E-state index contributed by atoms with van der Waals surface area (Å²) < 4.78 is 18.2. The van der Waals surface area contributed by atoms with Gasteiger partial charge in [0.25, 0.3) is 0 Å². The van der Waals surface area contributed by atoms with Crippen molar-refractivity contribution in [1.82, 2.24) is 5.32 Å². The quantitative estimate of drug-likeness (QED) is 0.181. The molecular formula is C35H47NO8. The highest BCUT2D eigenvalue weighted by Crippen LogP contribution is 2.26. The van der Waals surface area contributed by atoms with E-state index in [0.717, 1.165) is 50.0 Å². The molecule has 2 aromatic carbocycles. The van der Waals surface area contributed by atoms with Gasteiger partial charge in [0.1, 0.15) is 11.5 Å². The van der Waals surface area contributed by atoms with Crippen LogP contribution in [-0.2, 0) is 27.2 Å². The first kappa shape index (κ1) is 33.3. The second-order valence-corrected chi connectivity index (χ2v) is 12.0. The predicted octanol–water partition coefficient (Wildman–Crippen LogP) is 6.21. The highest BCUT2D eigenvalue weighted by atomic mass is 16.5. The molecule has 0 radical (unpaired) electrons. The molecule has 2 aliphatic rings.